The Morgan fingerprint density at radius 2 is 1.80 bits per heavy atom. The summed E-state index contributed by atoms with van der Waals surface area (Å²) in [5.74, 6) is 0.308. The molecule has 0 unspecified atom stereocenters. The van der Waals surface area contributed by atoms with Crippen LogP contribution in [0, 0.1) is 6.92 Å². The highest BCUT2D eigenvalue weighted by Gasteiger charge is 2.14. The normalized spacial score (nSPS) is 11.0. The third-order valence-electron chi connectivity index (χ3n) is 4.12. The number of nitrogens with zero attached hydrogens (tertiary/aromatic N) is 3. The smallest absolute Gasteiger partial charge is 0.337 e. The summed E-state index contributed by atoms with van der Waals surface area (Å²) in [6.45, 7) is 1.86. The van der Waals surface area contributed by atoms with E-state index in [9.17, 15) is 4.79 Å². The quantitative estimate of drug-likeness (QED) is 0.412. The lowest BCUT2D eigenvalue weighted by Gasteiger charge is -2.10. The monoisotopic (exact) mass is 329 g/mol. The standard InChI is InChI=1S/C20H15N3O2/c1-12-21-11-16-15-9-8-14(20(24)25-2)10-17(15)23-18(19(16)22-12)13-6-4-3-5-7-13/h3-11H,1-2H3. The Bertz CT molecular complexity index is 1110. The zero-order valence-corrected chi connectivity index (χ0v) is 13.9. The number of hydrogen-bond acceptors (Lipinski definition) is 5. The lowest BCUT2D eigenvalue weighted by molar-refractivity contribution is 0.0601. The molecule has 0 bridgehead atoms. The van der Waals surface area contributed by atoms with Crippen LogP contribution in [0.1, 0.15) is 16.2 Å². The Morgan fingerprint density at radius 1 is 1.00 bits per heavy atom. The van der Waals surface area contributed by atoms with Gasteiger partial charge in [-0.15, -0.1) is 0 Å². The molecule has 0 saturated carbocycles. The van der Waals surface area contributed by atoms with E-state index in [1.165, 1.54) is 7.11 Å². The number of fused-ring (bicyclic) bond motifs is 3. The van der Waals surface area contributed by atoms with E-state index in [0.29, 0.717) is 16.9 Å². The zero-order chi connectivity index (χ0) is 17.4. The molecule has 0 amide bonds. The molecule has 0 atom stereocenters. The molecule has 0 fully saturated rings. The summed E-state index contributed by atoms with van der Waals surface area (Å²) >= 11 is 0. The zero-order valence-electron chi connectivity index (χ0n) is 13.9. The third kappa shape index (κ3) is 2.59. The minimum absolute atomic E-state index is 0.384. The van der Waals surface area contributed by atoms with Crippen molar-refractivity contribution in [1.29, 1.82) is 0 Å². The van der Waals surface area contributed by atoms with Gasteiger partial charge in [0.2, 0.25) is 0 Å². The van der Waals surface area contributed by atoms with Crippen molar-refractivity contribution in [3.63, 3.8) is 0 Å². The minimum Gasteiger partial charge on any atom is -0.465 e. The SMILES string of the molecule is COC(=O)c1ccc2c(c1)nc(-c1ccccc1)c1nc(C)ncc12. The predicted molar refractivity (Wildman–Crippen MR) is 96.4 cm³/mol. The summed E-state index contributed by atoms with van der Waals surface area (Å²) in [5, 5.41) is 1.81. The maximum Gasteiger partial charge on any atom is 0.337 e. The van der Waals surface area contributed by atoms with Gasteiger partial charge in [0.05, 0.1) is 23.9 Å². The first-order chi connectivity index (χ1) is 12.2. The lowest BCUT2D eigenvalue weighted by atomic mass is 10.0. The van der Waals surface area contributed by atoms with Crippen molar-refractivity contribution in [2.45, 2.75) is 6.92 Å². The number of carbonyl (C=O) groups excluding carboxylic acids is 1. The topological polar surface area (TPSA) is 65.0 Å². The maximum atomic E-state index is 11.8. The number of hydrogen-bond donors (Lipinski definition) is 0. The highest BCUT2D eigenvalue weighted by molar-refractivity contribution is 6.10. The van der Waals surface area contributed by atoms with Gasteiger partial charge in [-0.1, -0.05) is 36.4 Å². The molecule has 0 aliphatic rings. The van der Waals surface area contributed by atoms with Gasteiger partial charge >= 0.3 is 5.97 Å². The highest BCUT2D eigenvalue weighted by Crippen LogP contribution is 2.31. The number of aromatic nitrogens is 3. The second-order valence-corrected chi connectivity index (χ2v) is 5.73. The molecule has 0 spiro atoms. The molecule has 2 heterocycles. The predicted octanol–water partition coefficient (Wildman–Crippen LogP) is 3.94. The molecule has 0 N–H and O–H groups in total. The fraction of sp³-hybridized carbons (Fsp3) is 0.100. The van der Waals surface area contributed by atoms with Gasteiger partial charge in [0.25, 0.3) is 0 Å². The largest absolute Gasteiger partial charge is 0.465 e. The first-order valence-electron chi connectivity index (χ1n) is 7.88. The number of aryl methyl sites for hydroxylation is 1. The summed E-state index contributed by atoms with van der Waals surface area (Å²) in [5.41, 5.74) is 3.72. The van der Waals surface area contributed by atoms with E-state index in [1.807, 2.05) is 49.5 Å². The fourth-order valence-corrected chi connectivity index (χ4v) is 2.92. The number of carbonyl (C=O) groups is 1. The molecule has 2 aromatic heterocycles. The molecule has 0 radical (unpaired) electrons. The van der Waals surface area contributed by atoms with Gasteiger partial charge in [-0.25, -0.2) is 19.7 Å². The number of rotatable bonds is 2. The number of ether oxygens (including phenoxy) is 1. The van der Waals surface area contributed by atoms with Crippen molar-refractivity contribution < 1.29 is 9.53 Å². The van der Waals surface area contributed by atoms with Gasteiger partial charge in [-0.3, -0.25) is 0 Å². The van der Waals surface area contributed by atoms with Crippen molar-refractivity contribution in [3.8, 4) is 11.3 Å². The van der Waals surface area contributed by atoms with Crippen LogP contribution in [0.25, 0.3) is 33.1 Å². The molecule has 2 aromatic carbocycles. The summed E-state index contributed by atoms with van der Waals surface area (Å²) in [4.78, 5) is 25.6. The van der Waals surface area contributed by atoms with Crippen LogP contribution in [0.3, 0.4) is 0 Å². The summed E-state index contributed by atoms with van der Waals surface area (Å²) in [7, 11) is 1.37. The molecule has 0 aliphatic carbocycles. The highest BCUT2D eigenvalue weighted by atomic mass is 16.5. The molecule has 25 heavy (non-hydrogen) atoms. The molecule has 4 rings (SSSR count). The van der Waals surface area contributed by atoms with Gasteiger partial charge in [-0.2, -0.15) is 0 Å². The van der Waals surface area contributed by atoms with Crippen molar-refractivity contribution in [3.05, 3.63) is 66.1 Å². The first kappa shape index (κ1) is 15.2. The van der Waals surface area contributed by atoms with E-state index in [1.54, 1.807) is 12.1 Å². The molecular weight excluding hydrogens is 314 g/mol. The van der Waals surface area contributed by atoms with Gasteiger partial charge in [0, 0.05) is 22.5 Å². The second kappa shape index (κ2) is 5.94. The maximum absolute atomic E-state index is 11.8. The summed E-state index contributed by atoms with van der Waals surface area (Å²) < 4.78 is 4.81. The molecule has 0 aliphatic heterocycles. The Kier molecular flexibility index (Phi) is 3.61. The Labute approximate surface area is 144 Å². The van der Waals surface area contributed by atoms with Crippen LogP contribution in [0.4, 0.5) is 0 Å². The van der Waals surface area contributed by atoms with E-state index >= 15 is 0 Å². The number of esters is 1. The second-order valence-electron chi connectivity index (χ2n) is 5.73. The first-order valence-corrected chi connectivity index (χ1v) is 7.88. The molecule has 5 heteroatoms. The molecular formula is C20H15N3O2. The van der Waals surface area contributed by atoms with Gasteiger partial charge in [0.1, 0.15) is 11.3 Å². The minimum atomic E-state index is -0.384. The number of methoxy groups -OCH3 is 1. The Morgan fingerprint density at radius 3 is 2.56 bits per heavy atom. The van der Waals surface area contributed by atoms with Crippen molar-refractivity contribution in [1.82, 2.24) is 15.0 Å². The fourth-order valence-electron chi connectivity index (χ4n) is 2.92. The molecule has 4 aromatic rings. The molecule has 122 valence electrons. The van der Waals surface area contributed by atoms with Crippen LogP contribution in [0.15, 0.2) is 54.7 Å². The van der Waals surface area contributed by atoms with Crippen LogP contribution in [-0.2, 0) is 4.74 Å². The lowest BCUT2D eigenvalue weighted by Crippen LogP contribution is -2.02. The van der Waals surface area contributed by atoms with Crippen molar-refractivity contribution >= 4 is 27.8 Å². The Balaban J connectivity index is 2.10. The van der Waals surface area contributed by atoms with Crippen molar-refractivity contribution in [2.24, 2.45) is 0 Å². The molecule has 5 nitrogen and oxygen atoms in total. The summed E-state index contributed by atoms with van der Waals surface area (Å²) in [6, 6.07) is 15.2. The van der Waals surface area contributed by atoms with Gasteiger partial charge < -0.3 is 4.74 Å². The summed E-state index contributed by atoms with van der Waals surface area (Å²) in [6.07, 6.45) is 1.81. The van der Waals surface area contributed by atoms with Crippen LogP contribution >= 0.6 is 0 Å². The number of pyridine rings is 1. The van der Waals surface area contributed by atoms with E-state index in [2.05, 4.69) is 9.97 Å². The van der Waals surface area contributed by atoms with Crippen LogP contribution in [0.5, 0.6) is 0 Å². The van der Waals surface area contributed by atoms with Gasteiger partial charge in [-0.05, 0) is 19.1 Å². The molecule has 0 saturated heterocycles. The van der Waals surface area contributed by atoms with E-state index in [0.717, 1.165) is 27.5 Å². The van der Waals surface area contributed by atoms with E-state index in [4.69, 9.17) is 9.72 Å². The number of benzene rings is 2. The van der Waals surface area contributed by atoms with Crippen LogP contribution < -0.4 is 0 Å². The van der Waals surface area contributed by atoms with Crippen molar-refractivity contribution in [2.75, 3.05) is 7.11 Å². The average molecular weight is 329 g/mol. The van der Waals surface area contributed by atoms with Crippen LogP contribution in [-0.4, -0.2) is 28.0 Å². The van der Waals surface area contributed by atoms with E-state index < -0.39 is 0 Å². The van der Waals surface area contributed by atoms with E-state index in [-0.39, 0.29) is 5.97 Å². The Hall–Kier alpha value is -3.34. The third-order valence-corrected chi connectivity index (χ3v) is 4.12. The van der Waals surface area contributed by atoms with Gasteiger partial charge in [0.15, 0.2) is 0 Å². The average Bonchev–Trinajstić information content (AvgIpc) is 2.66. The van der Waals surface area contributed by atoms with Crippen LogP contribution in [0.2, 0.25) is 0 Å².